The molecule has 0 saturated carbocycles. The first kappa shape index (κ1) is 13.0. The van der Waals surface area contributed by atoms with Gasteiger partial charge in [-0.2, -0.15) is 0 Å². The van der Waals surface area contributed by atoms with Gasteiger partial charge in [0, 0.05) is 0 Å². The van der Waals surface area contributed by atoms with Gasteiger partial charge in [0.1, 0.15) is 0 Å². The molecular weight excluding hydrogens is 272 g/mol. The number of nitrogens with one attached hydrogen (secondary N) is 2. The predicted molar refractivity (Wildman–Crippen MR) is 67.6 cm³/mol. The van der Waals surface area contributed by atoms with Gasteiger partial charge >= 0.3 is 0 Å². The summed E-state index contributed by atoms with van der Waals surface area (Å²) in [7, 11) is 1.71. The van der Waals surface area contributed by atoms with Gasteiger partial charge in [-0.25, -0.2) is 0 Å². The third-order valence-corrected chi connectivity index (χ3v) is 3.07. The summed E-state index contributed by atoms with van der Waals surface area (Å²) >= 11 is 3.19. The van der Waals surface area contributed by atoms with E-state index in [2.05, 4.69) is 26.6 Å². The molecule has 0 saturated heterocycles. The highest BCUT2D eigenvalue weighted by molar-refractivity contribution is 9.10. The SMILES string of the molecule is CNC(C)(C)C(=O)Nc1cccc(Br)c1O. The van der Waals surface area contributed by atoms with E-state index < -0.39 is 5.54 Å². The Balaban J connectivity index is 2.90. The van der Waals surface area contributed by atoms with Crippen molar-refractivity contribution in [1.29, 1.82) is 0 Å². The Morgan fingerprint density at radius 3 is 2.62 bits per heavy atom. The molecule has 0 fully saturated rings. The van der Waals surface area contributed by atoms with E-state index in [4.69, 9.17) is 0 Å². The van der Waals surface area contributed by atoms with E-state index in [0.717, 1.165) is 0 Å². The molecule has 0 spiro atoms. The van der Waals surface area contributed by atoms with E-state index in [1.165, 1.54) is 0 Å². The van der Waals surface area contributed by atoms with E-state index in [-0.39, 0.29) is 11.7 Å². The minimum atomic E-state index is -0.686. The first-order valence-electron chi connectivity index (χ1n) is 4.86. The minimum Gasteiger partial charge on any atom is -0.505 e. The number of carbonyl (C=O) groups is 1. The summed E-state index contributed by atoms with van der Waals surface area (Å²) < 4.78 is 0.549. The minimum absolute atomic E-state index is 0.0303. The van der Waals surface area contributed by atoms with Gasteiger partial charge in [0.2, 0.25) is 5.91 Å². The summed E-state index contributed by atoms with van der Waals surface area (Å²) in [6.45, 7) is 3.52. The molecule has 1 aromatic carbocycles. The summed E-state index contributed by atoms with van der Waals surface area (Å²) in [5, 5.41) is 15.3. The molecule has 0 heterocycles. The van der Waals surface area contributed by atoms with Gasteiger partial charge in [0.05, 0.1) is 15.7 Å². The average molecular weight is 287 g/mol. The molecule has 0 atom stereocenters. The van der Waals surface area contributed by atoms with Crippen LogP contribution in [-0.4, -0.2) is 23.6 Å². The Hall–Kier alpha value is -1.07. The summed E-state index contributed by atoms with van der Waals surface area (Å²) in [4.78, 5) is 11.8. The van der Waals surface area contributed by atoms with Crippen molar-refractivity contribution in [3.63, 3.8) is 0 Å². The highest BCUT2D eigenvalue weighted by atomic mass is 79.9. The number of para-hydroxylation sites is 1. The number of phenols is 1. The molecule has 1 rings (SSSR count). The number of halogens is 1. The number of aromatic hydroxyl groups is 1. The molecule has 0 aliphatic carbocycles. The Kier molecular flexibility index (Phi) is 3.93. The maximum atomic E-state index is 11.8. The van der Waals surface area contributed by atoms with Crippen LogP contribution in [0, 0.1) is 0 Å². The molecule has 5 heteroatoms. The van der Waals surface area contributed by atoms with Crippen LogP contribution in [0.3, 0.4) is 0 Å². The number of likely N-dealkylation sites (N-methyl/N-ethyl adjacent to an activating group) is 1. The zero-order chi connectivity index (χ0) is 12.3. The highest BCUT2D eigenvalue weighted by Crippen LogP contribution is 2.31. The van der Waals surface area contributed by atoms with E-state index in [1.54, 1.807) is 39.1 Å². The molecule has 88 valence electrons. The van der Waals surface area contributed by atoms with Gasteiger partial charge in [0.25, 0.3) is 0 Å². The van der Waals surface area contributed by atoms with Gasteiger partial charge in [-0.3, -0.25) is 4.79 Å². The smallest absolute Gasteiger partial charge is 0.244 e. The molecule has 1 aromatic rings. The van der Waals surface area contributed by atoms with Crippen LogP contribution in [0.15, 0.2) is 22.7 Å². The lowest BCUT2D eigenvalue weighted by Gasteiger charge is -2.23. The van der Waals surface area contributed by atoms with Crippen molar-refractivity contribution in [3.05, 3.63) is 22.7 Å². The van der Waals surface area contributed by atoms with Crippen LogP contribution in [0.1, 0.15) is 13.8 Å². The predicted octanol–water partition coefficient (Wildman–Crippen LogP) is 2.09. The van der Waals surface area contributed by atoms with Crippen LogP contribution in [0.5, 0.6) is 5.75 Å². The quantitative estimate of drug-likeness (QED) is 0.746. The maximum Gasteiger partial charge on any atom is 0.244 e. The molecule has 0 aromatic heterocycles. The second-order valence-corrected chi connectivity index (χ2v) is 4.82. The van der Waals surface area contributed by atoms with Gasteiger partial charge in [0.15, 0.2) is 5.75 Å². The fraction of sp³-hybridized carbons (Fsp3) is 0.364. The zero-order valence-corrected chi connectivity index (χ0v) is 11.1. The second kappa shape index (κ2) is 4.84. The van der Waals surface area contributed by atoms with Crippen LogP contribution in [0.4, 0.5) is 5.69 Å². The van der Waals surface area contributed by atoms with E-state index in [0.29, 0.717) is 10.2 Å². The van der Waals surface area contributed by atoms with Crippen LogP contribution in [0.25, 0.3) is 0 Å². The van der Waals surface area contributed by atoms with E-state index >= 15 is 0 Å². The van der Waals surface area contributed by atoms with E-state index in [9.17, 15) is 9.90 Å². The topological polar surface area (TPSA) is 61.4 Å². The Labute approximate surface area is 103 Å². The average Bonchev–Trinajstić information content (AvgIpc) is 2.24. The fourth-order valence-electron chi connectivity index (χ4n) is 1.01. The summed E-state index contributed by atoms with van der Waals surface area (Å²) in [6, 6.07) is 5.09. The number of phenolic OH excluding ortho intramolecular Hbond substituents is 1. The number of hydrogen-bond acceptors (Lipinski definition) is 3. The molecule has 0 aliphatic rings. The molecule has 0 unspecified atom stereocenters. The number of hydrogen-bond donors (Lipinski definition) is 3. The van der Waals surface area contributed by atoms with Gasteiger partial charge in [-0.05, 0) is 49.0 Å². The molecule has 4 nitrogen and oxygen atoms in total. The third-order valence-electron chi connectivity index (χ3n) is 2.43. The van der Waals surface area contributed by atoms with Crippen molar-refractivity contribution in [2.75, 3.05) is 12.4 Å². The Morgan fingerprint density at radius 2 is 2.06 bits per heavy atom. The number of amides is 1. The lowest BCUT2D eigenvalue weighted by atomic mass is 10.1. The first-order chi connectivity index (χ1) is 7.38. The zero-order valence-electron chi connectivity index (χ0n) is 9.47. The van der Waals surface area contributed by atoms with Crippen LogP contribution >= 0.6 is 15.9 Å². The molecule has 0 aliphatic heterocycles. The van der Waals surface area contributed by atoms with Crippen molar-refractivity contribution in [2.45, 2.75) is 19.4 Å². The summed E-state index contributed by atoms with van der Waals surface area (Å²) in [5.41, 5.74) is -0.294. The van der Waals surface area contributed by atoms with Crippen LogP contribution in [-0.2, 0) is 4.79 Å². The summed E-state index contributed by atoms with van der Waals surface area (Å²) in [5.74, 6) is -0.175. The van der Waals surface area contributed by atoms with Crippen molar-refractivity contribution in [2.24, 2.45) is 0 Å². The normalized spacial score (nSPS) is 11.2. The first-order valence-corrected chi connectivity index (χ1v) is 5.65. The van der Waals surface area contributed by atoms with Crippen molar-refractivity contribution >= 4 is 27.5 Å². The second-order valence-electron chi connectivity index (χ2n) is 3.97. The van der Waals surface area contributed by atoms with E-state index in [1.807, 2.05) is 0 Å². The number of carbonyl (C=O) groups excluding carboxylic acids is 1. The number of benzene rings is 1. The van der Waals surface area contributed by atoms with Crippen LogP contribution < -0.4 is 10.6 Å². The molecule has 3 N–H and O–H groups in total. The highest BCUT2D eigenvalue weighted by Gasteiger charge is 2.25. The Bertz CT molecular complexity index is 405. The van der Waals surface area contributed by atoms with Gasteiger partial charge in [-0.15, -0.1) is 0 Å². The largest absolute Gasteiger partial charge is 0.505 e. The summed E-state index contributed by atoms with van der Waals surface area (Å²) in [6.07, 6.45) is 0. The Morgan fingerprint density at radius 1 is 1.44 bits per heavy atom. The molecule has 0 bridgehead atoms. The molecule has 1 amide bonds. The molecular formula is C11H15BrN2O2. The number of anilines is 1. The number of rotatable bonds is 3. The lowest BCUT2D eigenvalue weighted by Crippen LogP contribution is -2.47. The van der Waals surface area contributed by atoms with Gasteiger partial charge in [-0.1, -0.05) is 6.07 Å². The molecule has 16 heavy (non-hydrogen) atoms. The monoisotopic (exact) mass is 286 g/mol. The molecule has 0 radical (unpaired) electrons. The van der Waals surface area contributed by atoms with Crippen molar-refractivity contribution < 1.29 is 9.90 Å². The van der Waals surface area contributed by atoms with Crippen molar-refractivity contribution in [1.82, 2.24) is 5.32 Å². The lowest BCUT2D eigenvalue weighted by molar-refractivity contribution is -0.121. The fourth-order valence-corrected chi connectivity index (χ4v) is 1.37. The third kappa shape index (κ3) is 2.74. The van der Waals surface area contributed by atoms with Crippen molar-refractivity contribution in [3.8, 4) is 5.75 Å². The van der Waals surface area contributed by atoms with Crippen LogP contribution in [0.2, 0.25) is 0 Å². The standard InChI is InChI=1S/C11H15BrN2O2/c1-11(2,13-3)10(16)14-8-6-4-5-7(12)9(8)15/h4-6,13,15H,1-3H3,(H,14,16). The maximum absolute atomic E-state index is 11.8. The van der Waals surface area contributed by atoms with Gasteiger partial charge < -0.3 is 15.7 Å².